The molecule has 1 saturated heterocycles. The number of aliphatic imine (C=N–C) groups is 1. The quantitative estimate of drug-likeness (QED) is 0.353. The molecule has 1 aliphatic heterocycles. The molecule has 0 aromatic heterocycles. The lowest BCUT2D eigenvalue weighted by atomic mass is 10.2. The molecule has 0 atom stereocenters. The fourth-order valence-electron chi connectivity index (χ4n) is 2.98. The van der Waals surface area contributed by atoms with E-state index in [1.807, 2.05) is 6.92 Å². The van der Waals surface area contributed by atoms with Crippen LogP contribution in [0.1, 0.15) is 11.1 Å². The lowest BCUT2D eigenvalue weighted by Gasteiger charge is -2.12. The summed E-state index contributed by atoms with van der Waals surface area (Å²) in [7, 11) is -2.66. The van der Waals surface area contributed by atoms with Gasteiger partial charge in [0.2, 0.25) is 0 Å². The molecular weight excluding hydrogens is 496 g/mol. The highest BCUT2D eigenvalue weighted by atomic mass is 35.5. The van der Waals surface area contributed by atoms with Crippen LogP contribution in [0.3, 0.4) is 0 Å². The van der Waals surface area contributed by atoms with E-state index in [-0.39, 0.29) is 22.3 Å². The number of thioether (sulfide) groups is 1. The van der Waals surface area contributed by atoms with Crippen LogP contribution in [0.2, 0.25) is 5.02 Å². The van der Waals surface area contributed by atoms with Gasteiger partial charge in [-0.05, 0) is 78.9 Å². The summed E-state index contributed by atoms with van der Waals surface area (Å²) in [6, 6.07) is 18.0. The Morgan fingerprint density at radius 3 is 2.38 bits per heavy atom. The van der Waals surface area contributed by atoms with E-state index in [0.29, 0.717) is 26.3 Å². The van der Waals surface area contributed by atoms with Gasteiger partial charge in [0.15, 0.2) is 16.7 Å². The van der Waals surface area contributed by atoms with Crippen molar-refractivity contribution in [2.45, 2.75) is 11.8 Å². The number of methoxy groups -OCH3 is 1. The smallest absolute Gasteiger partial charge is 0.339 e. The number of amidine groups is 1. The number of rotatable bonds is 6. The normalized spacial score (nSPS) is 16.0. The maximum absolute atomic E-state index is 12.7. The highest BCUT2D eigenvalue weighted by Gasteiger charge is 2.24. The van der Waals surface area contributed by atoms with Crippen LogP contribution in [0.4, 0.5) is 5.69 Å². The molecule has 1 aliphatic rings. The van der Waals surface area contributed by atoms with Gasteiger partial charge in [-0.2, -0.15) is 8.42 Å². The first-order valence-electron chi connectivity index (χ1n) is 9.98. The Balaban J connectivity index is 1.59. The summed E-state index contributed by atoms with van der Waals surface area (Å²) in [6.07, 6.45) is 1.62. The van der Waals surface area contributed by atoms with Crippen molar-refractivity contribution in [2.75, 3.05) is 7.11 Å². The molecule has 1 N–H and O–H groups in total. The summed E-state index contributed by atoms with van der Waals surface area (Å²) in [5.41, 5.74) is 2.13. The summed E-state index contributed by atoms with van der Waals surface area (Å²) in [5, 5.41) is 3.72. The average molecular weight is 515 g/mol. The van der Waals surface area contributed by atoms with Gasteiger partial charge in [0.25, 0.3) is 5.91 Å². The Labute approximate surface area is 206 Å². The molecule has 0 spiro atoms. The predicted octanol–water partition coefficient (Wildman–Crippen LogP) is 5.32. The number of benzene rings is 3. The second kappa shape index (κ2) is 9.92. The Morgan fingerprint density at radius 1 is 1.00 bits per heavy atom. The van der Waals surface area contributed by atoms with Crippen molar-refractivity contribution in [3.63, 3.8) is 0 Å². The Hall–Kier alpha value is -3.27. The SMILES string of the molecule is COc1ccc(/C=C2\SC(=Nc3ccc(Cl)cc3)NC2=O)cc1OS(=O)(=O)c1ccc(C)cc1. The molecule has 0 unspecified atom stereocenters. The van der Waals surface area contributed by atoms with E-state index in [1.165, 1.54) is 37.1 Å². The standard InChI is InChI=1S/C24H19ClN2O5S2/c1-15-3-10-19(11-4-15)34(29,30)32-21-13-16(5-12-20(21)31-2)14-22-23(28)27-24(33-22)26-18-8-6-17(25)7-9-18/h3-14H,1-2H3,(H,26,27,28)/b22-14-. The van der Waals surface area contributed by atoms with Gasteiger partial charge in [0.05, 0.1) is 17.7 Å². The van der Waals surface area contributed by atoms with Crippen molar-refractivity contribution in [1.29, 1.82) is 0 Å². The predicted molar refractivity (Wildman–Crippen MR) is 134 cm³/mol. The topological polar surface area (TPSA) is 94.1 Å². The number of nitrogens with zero attached hydrogens (tertiary/aromatic N) is 1. The molecule has 1 heterocycles. The van der Waals surface area contributed by atoms with Crippen LogP contribution in [0.5, 0.6) is 11.5 Å². The van der Waals surface area contributed by atoms with E-state index in [2.05, 4.69) is 10.3 Å². The monoisotopic (exact) mass is 514 g/mol. The van der Waals surface area contributed by atoms with Crippen molar-refractivity contribution >= 4 is 56.3 Å². The average Bonchev–Trinajstić information content (AvgIpc) is 3.14. The maximum atomic E-state index is 12.7. The molecule has 0 radical (unpaired) electrons. The lowest BCUT2D eigenvalue weighted by molar-refractivity contribution is -0.115. The van der Waals surface area contributed by atoms with Crippen LogP contribution < -0.4 is 14.2 Å². The van der Waals surface area contributed by atoms with Crippen molar-refractivity contribution < 1.29 is 22.1 Å². The van der Waals surface area contributed by atoms with Crippen molar-refractivity contribution in [3.05, 3.63) is 87.8 Å². The van der Waals surface area contributed by atoms with Crippen LogP contribution in [0, 0.1) is 6.92 Å². The largest absolute Gasteiger partial charge is 0.493 e. The van der Waals surface area contributed by atoms with Crippen molar-refractivity contribution in [2.24, 2.45) is 4.99 Å². The van der Waals surface area contributed by atoms with Gasteiger partial charge < -0.3 is 14.2 Å². The third kappa shape index (κ3) is 5.61. The number of carbonyl (C=O) groups excluding carboxylic acids is 1. The van der Waals surface area contributed by atoms with Gasteiger partial charge in [0, 0.05) is 5.02 Å². The molecule has 1 amide bonds. The van der Waals surface area contributed by atoms with E-state index < -0.39 is 10.1 Å². The highest BCUT2D eigenvalue weighted by Crippen LogP contribution is 2.34. The number of hydrogen-bond acceptors (Lipinski definition) is 7. The Morgan fingerprint density at radius 2 is 1.71 bits per heavy atom. The molecule has 174 valence electrons. The molecule has 1 fully saturated rings. The molecule has 10 heteroatoms. The molecule has 0 aliphatic carbocycles. The molecule has 3 aromatic carbocycles. The first-order chi connectivity index (χ1) is 16.2. The molecule has 3 aromatic rings. The number of halogens is 1. The van der Waals surface area contributed by atoms with Crippen LogP contribution in [0.15, 0.2) is 81.5 Å². The van der Waals surface area contributed by atoms with Crippen LogP contribution in [-0.4, -0.2) is 26.6 Å². The Bertz CT molecular complexity index is 1400. The minimum atomic E-state index is -4.08. The third-order valence-electron chi connectivity index (χ3n) is 4.70. The number of amides is 1. The van der Waals surface area contributed by atoms with Gasteiger partial charge in [-0.25, -0.2) is 4.99 Å². The zero-order valence-electron chi connectivity index (χ0n) is 18.1. The summed E-state index contributed by atoms with van der Waals surface area (Å²) in [5.74, 6) is -0.0643. The number of ether oxygens (including phenoxy) is 1. The number of aryl methyl sites for hydroxylation is 1. The van der Waals surface area contributed by atoms with E-state index in [0.717, 1.165) is 5.56 Å². The van der Waals surface area contributed by atoms with Crippen LogP contribution >= 0.6 is 23.4 Å². The number of carbonyl (C=O) groups is 1. The number of hydrogen-bond donors (Lipinski definition) is 1. The summed E-state index contributed by atoms with van der Waals surface area (Å²) in [4.78, 5) is 17.2. The van der Waals surface area contributed by atoms with Gasteiger partial charge in [-0.1, -0.05) is 35.4 Å². The minimum absolute atomic E-state index is 0.0101. The fraction of sp³-hybridized carbons (Fsp3) is 0.0833. The van der Waals surface area contributed by atoms with E-state index >= 15 is 0 Å². The molecule has 0 bridgehead atoms. The first-order valence-corrected chi connectivity index (χ1v) is 12.6. The second-order valence-electron chi connectivity index (χ2n) is 7.22. The van der Waals surface area contributed by atoms with Crippen LogP contribution in [-0.2, 0) is 14.9 Å². The molecule has 7 nitrogen and oxygen atoms in total. The molecule has 4 rings (SSSR count). The summed E-state index contributed by atoms with van der Waals surface area (Å²) < 4.78 is 36.1. The van der Waals surface area contributed by atoms with E-state index in [4.69, 9.17) is 20.5 Å². The lowest BCUT2D eigenvalue weighted by Crippen LogP contribution is -2.19. The summed E-state index contributed by atoms with van der Waals surface area (Å²) >= 11 is 7.06. The first kappa shape index (κ1) is 23.9. The van der Waals surface area contributed by atoms with E-state index in [1.54, 1.807) is 54.6 Å². The Kier molecular flexibility index (Phi) is 6.97. The van der Waals surface area contributed by atoms with Gasteiger partial charge in [0.1, 0.15) is 4.90 Å². The van der Waals surface area contributed by atoms with Gasteiger partial charge in [-0.15, -0.1) is 0 Å². The number of nitrogens with one attached hydrogen (secondary N) is 1. The van der Waals surface area contributed by atoms with Crippen molar-refractivity contribution in [1.82, 2.24) is 5.32 Å². The van der Waals surface area contributed by atoms with Gasteiger partial charge in [-0.3, -0.25) is 4.79 Å². The molecule has 34 heavy (non-hydrogen) atoms. The van der Waals surface area contributed by atoms with E-state index in [9.17, 15) is 13.2 Å². The maximum Gasteiger partial charge on any atom is 0.339 e. The molecule has 0 saturated carbocycles. The second-order valence-corrected chi connectivity index (χ2v) is 10.2. The zero-order valence-corrected chi connectivity index (χ0v) is 20.5. The van der Waals surface area contributed by atoms with Crippen molar-refractivity contribution in [3.8, 4) is 11.5 Å². The van der Waals surface area contributed by atoms with Crippen LogP contribution in [0.25, 0.3) is 6.08 Å². The zero-order chi connectivity index (χ0) is 24.3. The third-order valence-corrected chi connectivity index (χ3v) is 7.11. The highest BCUT2D eigenvalue weighted by molar-refractivity contribution is 8.18. The summed E-state index contributed by atoms with van der Waals surface area (Å²) in [6.45, 7) is 1.86. The minimum Gasteiger partial charge on any atom is -0.493 e. The molecular formula is C24H19ClN2O5S2. The fourth-order valence-corrected chi connectivity index (χ4v) is 4.88. The van der Waals surface area contributed by atoms with Gasteiger partial charge >= 0.3 is 10.1 Å².